The fourth-order valence-electron chi connectivity index (χ4n) is 2.52. The van der Waals surface area contributed by atoms with Crippen LogP contribution in [0, 0.1) is 6.92 Å². The standard InChI is InChI=1S/C14H21Cl2N3/c1-3-19(8-11-5-4-6-17-11)9-12-13(15)7-10(2)18-14(12)16/h7,11,17H,3-6,8-9H2,1-2H3. The van der Waals surface area contributed by atoms with Crippen LogP contribution in [0.3, 0.4) is 0 Å². The van der Waals surface area contributed by atoms with Gasteiger partial charge >= 0.3 is 0 Å². The summed E-state index contributed by atoms with van der Waals surface area (Å²) in [6, 6.07) is 2.47. The summed E-state index contributed by atoms with van der Waals surface area (Å²) in [6.45, 7) is 7.99. The second kappa shape index (κ2) is 6.89. The zero-order valence-electron chi connectivity index (χ0n) is 11.5. The molecule has 1 fully saturated rings. The molecule has 0 spiro atoms. The van der Waals surface area contributed by atoms with Crippen LogP contribution >= 0.6 is 23.2 Å². The van der Waals surface area contributed by atoms with Gasteiger partial charge in [0, 0.05) is 35.4 Å². The third kappa shape index (κ3) is 4.06. The molecule has 2 heterocycles. The molecular weight excluding hydrogens is 281 g/mol. The van der Waals surface area contributed by atoms with Crippen molar-refractivity contribution >= 4 is 23.2 Å². The Labute approximate surface area is 125 Å². The molecule has 0 saturated carbocycles. The summed E-state index contributed by atoms with van der Waals surface area (Å²) in [6.07, 6.45) is 2.53. The highest BCUT2D eigenvalue weighted by Gasteiger charge is 2.19. The summed E-state index contributed by atoms with van der Waals surface area (Å²) < 4.78 is 0. The number of nitrogens with one attached hydrogen (secondary N) is 1. The Morgan fingerprint density at radius 1 is 1.47 bits per heavy atom. The maximum atomic E-state index is 6.29. The van der Waals surface area contributed by atoms with Gasteiger partial charge in [0.15, 0.2) is 0 Å². The molecule has 0 radical (unpaired) electrons. The minimum atomic E-state index is 0.530. The van der Waals surface area contributed by atoms with Crippen LogP contribution in [-0.4, -0.2) is 35.6 Å². The number of aromatic nitrogens is 1. The number of likely N-dealkylation sites (N-methyl/N-ethyl adjacent to an activating group) is 1. The summed E-state index contributed by atoms with van der Waals surface area (Å²) in [5.74, 6) is 0. The normalized spacial score (nSPS) is 19.3. The summed E-state index contributed by atoms with van der Waals surface area (Å²) >= 11 is 12.5. The van der Waals surface area contributed by atoms with Crippen molar-refractivity contribution in [2.24, 2.45) is 0 Å². The van der Waals surface area contributed by atoms with Crippen molar-refractivity contribution in [3.05, 3.63) is 27.5 Å². The van der Waals surface area contributed by atoms with Gasteiger partial charge in [-0.15, -0.1) is 0 Å². The minimum absolute atomic E-state index is 0.530. The van der Waals surface area contributed by atoms with Crippen molar-refractivity contribution < 1.29 is 0 Å². The molecule has 2 rings (SSSR count). The molecule has 1 N–H and O–H groups in total. The van der Waals surface area contributed by atoms with Crippen molar-refractivity contribution in [2.45, 2.75) is 39.3 Å². The van der Waals surface area contributed by atoms with Crippen LogP contribution in [-0.2, 0) is 6.54 Å². The molecule has 3 nitrogen and oxygen atoms in total. The molecular formula is C14H21Cl2N3. The largest absolute Gasteiger partial charge is 0.313 e. The number of halogens is 2. The molecule has 106 valence electrons. The van der Waals surface area contributed by atoms with Gasteiger partial charge in [-0.3, -0.25) is 4.90 Å². The molecule has 0 aromatic carbocycles. The number of rotatable bonds is 5. The Morgan fingerprint density at radius 2 is 2.26 bits per heavy atom. The SMILES string of the molecule is CCN(Cc1c(Cl)cc(C)nc1Cl)CC1CCCN1. The molecule has 1 saturated heterocycles. The highest BCUT2D eigenvalue weighted by Crippen LogP contribution is 2.25. The average molecular weight is 302 g/mol. The molecule has 1 aromatic rings. The van der Waals surface area contributed by atoms with E-state index in [1.54, 1.807) is 0 Å². The van der Waals surface area contributed by atoms with Gasteiger partial charge in [0.05, 0.1) is 0 Å². The molecule has 1 aliphatic rings. The molecule has 1 atom stereocenters. The Kier molecular flexibility index (Phi) is 5.46. The van der Waals surface area contributed by atoms with Gasteiger partial charge in [0.25, 0.3) is 0 Å². The van der Waals surface area contributed by atoms with E-state index in [0.717, 1.165) is 42.5 Å². The Hall–Kier alpha value is -0.350. The average Bonchev–Trinajstić information content (AvgIpc) is 2.84. The van der Waals surface area contributed by atoms with E-state index in [1.807, 2.05) is 13.0 Å². The summed E-state index contributed by atoms with van der Waals surface area (Å²) in [5, 5.41) is 4.77. The molecule has 1 unspecified atom stereocenters. The number of hydrogen-bond acceptors (Lipinski definition) is 3. The van der Waals surface area contributed by atoms with Crippen molar-refractivity contribution in [3.63, 3.8) is 0 Å². The van der Waals surface area contributed by atoms with Crippen LogP contribution in [0.5, 0.6) is 0 Å². The van der Waals surface area contributed by atoms with Crippen molar-refractivity contribution in [3.8, 4) is 0 Å². The van der Waals surface area contributed by atoms with E-state index in [4.69, 9.17) is 23.2 Å². The topological polar surface area (TPSA) is 28.2 Å². The summed E-state index contributed by atoms with van der Waals surface area (Å²) in [7, 11) is 0. The molecule has 0 bridgehead atoms. The van der Waals surface area contributed by atoms with Crippen LogP contribution in [0.4, 0.5) is 0 Å². The van der Waals surface area contributed by atoms with Gasteiger partial charge in [-0.25, -0.2) is 4.98 Å². The van der Waals surface area contributed by atoms with E-state index in [1.165, 1.54) is 12.8 Å². The van der Waals surface area contributed by atoms with Crippen LogP contribution < -0.4 is 5.32 Å². The van der Waals surface area contributed by atoms with E-state index in [9.17, 15) is 0 Å². The molecule has 1 aliphatic heterocycles. The van der Waals surface area contributed by atoms with Crippen molar-refractivity contribution in [1.29, 1.82) is 0 Å². The lowest BCUT2D eigenvalue weighted by atomic mass is 10.2. The van der Waals surface area contributed by atoms with Crippen LogP contribution in [0.2, 0.25) is 10.2 Å². The zero-order valence-corrected chi connectivity index (χ0v) is 13.1. The van der Waals surface area contributed by atoms with Gasteiger partial charge in [0.1, 0.15) is 5.15 Å². The van der Waals surface area contributed by atoms with E-state index in [-0.39, 0.29) is 0 Å². The van der Waals surface area contributed by atoms with Crippen LogP contribution in [0.1, 0.15) is 31.0 Å². The maximum absolute atomic E-state index is 6.29. The minimum Gasteiger partial charge on any atom is -0.313 e. The van der Waals surface area contributed by atoms with E-state index < -0.39 is 0 Å². The quantitative estimate of drug-likeness (QED) is 0.846. The van der Waals surface area contributed by atoms with Gasteiger partial charge in [-0.1, -0.05) is 30.1 Å². The Morgan fingerprint density at radius 3 is 2.84 bits per heavy atom. The summed E-state index contributed by atoms with van der Waals surface area (Å²) in [5.41, 5.74) is 1.80. The Bertz CT molecular complexity index is 408. The lowest BCUT2D eigenvalue weighted by molar-refractivity contribution is 0.253. The first-order chi connectivity index (χ1) is 9.10. The maximum Gasteiger partial charge on any atom is 0.135 e. The van der Waals surface area contributed by atoms with Crippen LogP contribution in [0.25, 0.3) is 0 Å². The predicted molar refractivity (Wildman–Crippen MR) is 81.0 cm³/mol. The highest BCUT2D eigenvalue weighted by atomic mass is 35.5. The summed E-state index contributed by atoms with van der Waals surface area (Å²) in [4.78, 5) is 6.66. The van der Waals surface area contributed by atoms with Gasteiger partial charge in [0.2, 0.25) is 0 Å². The number of pyridine rings is 1. The third-order valence-electron chi connectivity index (χ3n) is 3.62. The van der Waals surface area contributed by atoms with E-state index in [0.29, 0.717) is 11.2 Å². The lowest BCUT2D eigenvalue weighted by Gasteiger charge is -2.25. The molecule has 0 amide bonds. The fraction of sp³-hybridized carbons (Fsp3) is 0.643. The molecule has 19 heavy (non-hydrogen) atoms. The van der Waals surface area contributed by atoms with Crippen molar-refractivity contribution in [1.82, 2.24) is 15.2 Å². The molecule has 1 aromatic heterocycles. The first kappa shape index (κ1) is 15.0. The first-order valence-electron chi connectivity index (χ1n) is 6.87. The van der Waals surface area contributed by atoms with Crippen molar-refractivity contribution in [2.75, 3.05) is 19.6 Å². The Balaban J connectivity index is 2.05. The highest BCUT2D eigenvalue weighted by molar-refractivity contribution is 6.35. The fourth-order valence-corrected chi connectivity index (χ4v) is 3.17. The van der Waals surface area contributed by atoms with Gasteiger partial charge in [-0.05, 0) is 38.9 Å². The second-order valence-corrected chi connectivity index (χ2v) is 5.90. The first-order valence-corrected chi connectivity index (χ1v) is 7.63. The molecule has 5 heteroatoms. The van der Waals surface area contributed by atoms with E-state index >= 15 is 0 Å². The number of hydrogen-bond donors (Lipinski definition) is 1. The second-order valence-electron chi connectivity index (χ2n) is 5.14. The van der Waals surface area contributed by atoms with Gasteiger partial charge < -0.3 is 5.32 Å². The number of nitrogens with zero attached hydrogens (tertiary/aromatic N) is 2. The van der Waals surface area contributed by atoms with Gasteiger partial charge in [-0.2, -0.15) is 0 Å². The number of aryl methyl sites for hydroxylation is 1. The third-order valence-corrected chi connectivity index (χ3v) is 4.27. The van der Waals surface area contributed by atoms with Crippen LogP contribution in [0.15, 0.2) is 6.07 Å². The predicted octanol–water partition coefficient (Wildman–Crippen LogP) is 3.27. The van der Waals surface area contributed by atoms with E-state index in [2.05, 4.69) is 22.1 Å². The molecule has 0 aliphatic carbocycles. The monoisotopic (exact) mass is 301 g/mol. The lowest BCUT2D eigenvalue weighted by Crippen LogP contribution is -2.37. The zero-order chi connectivity index (χ0) is 13.8. The smallest absolute Gasteiger partial charge is 0.135 e.